The first-order chi connectivity index (χ1) is 7.47. The molecule has 0 aromatic carbocycles. The third-order valence-corrected chi connectivity index (χ3v) is 3.34. The number of nitrogens with one attached hydrogen (secondary N) is 2. The molecular weight excluding hydrogens is 257 g/mol. The van der Waals surface area contributed by atoms with E-state index in [-0.39, 0.29) is 24.1 Å². The second-order valence-corrected chi connectivity index (χ2v) is 5.24. The van der Waals surface area contributed by atoms with Crippen molar-refractivity contribution >= 4 is 29.1 Å². The van der Waals surface area contributed by atoms with E-state index in [4.69, 9.17) is 12.2 Å². The van der Waals surface area contributed by atoms with Gasteiger partial charge >= 0.3 is 5.51 Å². The molecule has 0 aliphatic heterocycles. The summed E-state index contributed by atoms with van der Waals surface area (Å²) in [6.07, 6.45) is 4.59. The monoisotopic (exact) mass is 272 g/mol. The van der Waals surface area contributed by atoms with Gasteiger partial charge in [0.25, 0.3) is 0 Å². The maximum atomic E-state index is 11.8. The quantitative estimate of drug-likeness (QED) is 0.607. The van der Waals surface area contributed by atoms with E-state index in [1.54, 1.807) is 0 Å². The van der Waals surface area contributed by atoms with Gasteiger partial charge in [-0.05, 0) is 36.8 Å². The molecule has 0 bridgehead atoms. The fourth-order valence-electron chi connectivity index (χ4n) is 1.64. The summed E-state index contributed by atoms with van der Waals surface area (Å²) >= 11 is 4.95. The Labute approximate surface area is 103 Å². The predicted octanol–water partition coefficient (Wildman–Crippen LogP) is 2.65. The second-order valence-electron chi connectivity index (χ2n) is 3.68. The average molecular weight is 272 g/mol. The summed E-state index contributed by atoms with van der Waals surface area (Å²) in [6.45, 7) is 0.239. The molecule has 1 saturated carbocycles. The standard InChI is InChI=1S/C9H15F3N2S2/c10-9(11,12)16-6-5-13-8(15)14-7-3-1-2-4-7/h7H,1-6H2,(H2,13,14,15). The molecule has 0 amide bonds. The Kier molecular flexibility index (Phi) is 5.68. The lowest BCUT2D eigenvalue weighted by Crippen LogP contribution is -2.41. The summed E-state index contributed by atoms with van der Waals surface area (Å²) in [5.74, 6) is -0.0179. The van der Waals surface area contributed by atoms with Gasteiger partial charge in [-0.3, -0.25) is 0 Å². The Morgan fingerprint density at radius 1 is 1.31 bits per heavy atom. The van der Waals surface area contributed by atoms with Gasteiger partial charge in [0.05, 0.1) is 0 Å². The van der Waals surface area contributed by atoms with Crippen LogP contribution in [-0.4, -0.2) is 29.0 Å². The minimum Gasteiger partial charge on any atom is -0.362 e. The molecular formula is C9H15F3N2S2. The highest BCUT2D eigenvalue weighted by molar-refractivity contribution is 8.00. The van der Waals surface area contributed by atoms with Gasteiger partial charge in [-0.15, -0.1) is 0 Å². The summed E-state index contributed by atoms with van der Waals surface area (Å²) in [7, 11) is 0. The molecule has 7 heteroatoms. The maximum absolute atomic E-state index is 11.8. The summed E-state index contributed by atoms with van der Waals surface area (Å²) < 4.78 is 35.4. The van der Waals surface area contributed by atoms with Crippen LogP contribution in [0.4, 0.5) is 13.2 Å². The van der Waals surface area contributed by atoms with Gasteiger partial charge in [0.2, 0.25) is 0 Å². The third-order valence-electron chi connectivity index (χ3n) is 2.34. The third kappa shape index (κ3) is 6.42. The van der Waals surface area contributed by atoms with Gasteiger partial charge in [0, 0.05) is 18.3 Å². The Hall–Kier alpha value is -0.170. The van der Waals surface area contributed by atoms with Gasteiger partial charge in [-0.2, -0.15) is 13.2 Å². The van der Waals surface area contributed by atoms with Crippen molar-refractivity contribution in [3.05, 3.63) is 0 Å². The smallest absolute Gasteiger partial charge is 0.362 e. The van der Waals surface area contributed by atoms with Crippen molar-refractivity contribution in [3.8, 4) is 0 Å². The minimum atomic E-state index is -4.15. The van der Waals surface area contributed by atoms with Crippen molar-refractivity contribution in [1.29, 1.82) is 0 Å². The zero-order valence-electron chi connectivity index (χ0n) is 8.77. The highest BCUT2D eigenvalue weighted by Gasteiger charge is 2.27. The molecule has 16 heavy (non-hydrogen) atoms. The number of rotatable bonds is 4. The molecule has 0 aromatic rings. The number of thiocarbonyl (C=S) groups is 1. The van der Waals surface area contributed by atoms with Crippen LogP contribution in [0.3, 0.4) is 0 Å². The van der Waals surface area contributed by atoms with Crippen LogP contribution < -0.4 is 10.6 Å². The molecule has 0 atom stereocenters. The SMILES string of the molecule is FC(F)(F)SCCNC(=S)NC1CCCC1. The fraction of sp³-hybridized carbons (Fsp3) is 0.889. The van der Waals surface area contributed by atoms with E-state index < -0.39 is 5.51 Å². The van der Waals surface area contributed by atoms with Gasteiger partial charge < -0.3 is 10.6 Å². The molecule has 0 saturated heterocycles. The van der Waals surface area contributed by atoms with Crippen LogP contribution in [0.2, 0.25) is 0 Å². The van der Waals surface area contributed by atoms with E-state index in [0.29, 0.717) is 11.2 Å². The number of hydrogen-bond donors (Lipinski definition) is 2. The number of thioether (sulfide) groups is 1. The van der Waals surface area contributed by atoms with Crippen LogP contribution in [0, 0.1) is 0 Å². The predicted molar refractivity (Wildman–Crippen MR) is 64.5 cm³/mol. The first kappa shape index (κ1) is 13.9. The molecule has 94 valence electrons. The summed E-state index contributed by atoms with van der Waals surface area (Å²) in [6, 6.07) is 0.398. The van der Waals surface area contributed by atoms with Crippen molar-refractivity contribution in [2.75, 3.05) is 12.3 Å². The van der Waals surface area contributed by atoms with E-state index in [9.17, 15) is 13.2 Å². The lowest BCUT2D eigenvalue weighted by Gasteiger charge is -2.15. The summed E-state index contributed by atoms with van der Waals surface area (Å²) in [5.41, 5.74) is -4.15. The number of alkyl halides is 3. The van der Waals surface area contributed by atoms with Gasteiger partial charge in [-0.25, -0.2) is 0 Å². The molecule has 0 aromatic heterocycles. The lowest BCUT2D eigenvalue weighted by atomic mass is 10.3. The van der Waals surface area contributed by atoms with Gasteiger partial charge in [0.1, 0.15) is 0 Å². The van der Waals surface area contributed by atoms with Crippen LogP contribution in [0.15, 0.2) is 0 Å². The van der Waals surface area contributed by atoms with Crippen molar-refractivity contribution in [1.82, 2.24) is 10.6 Å². The molecule has 0 radical (unpaired) electrons. The van der Waals surface area contributed by atoms with Crippen LogP contribution in [-0.2, 0) is 0 Å². The van der Waals surface area contributed by atoms with Crippen LogP contribution in [0.25, 0.3) is 0 Å². The molecule has 2 N–H and O–H groups in total. The van der Waals surface area contributed by atoms with Crippen molar-refractivity contribution in [2.45, 2.75) is 37.2 Å². The molecule has 2 nitrogen and oxygen atoms in total. The van der Waals surface area contributed by atoms with Crippen LogP contribution >= 0.6 is 24.0 Å². The molecule has 0 heterocycles. The van der Waals surface area contributed by atoms with E-state index >= 15 is 0 Å². The van der Waals surface area contributed by atoms with Gasteiger partial charge in [0.15, 0.2) is 5.11 Å². The molecule has 0 unspecified atom stereocenters. The first-order valence-corrected chi connectivity index (χ1v) is 6.62. The Morgan fingerprint density at radius 3 is 2.50 bits per heavy atom. The van der Waals surface area contributed by atoms with E-state index in [1.807, 2.05) is 0 Å². The fourth-order valence-corrected chi connectivity index (χ4v) is 2.34. The number of hydrogen-bond acceptors (Lipinski definition) is 2. The van der Waals surface area contributed by atoms with Crippen molar-refractivity contribution < 1.29 is 13.2 Å². The Morgan fingerprint density at radius 2 is 1.94 bits per heavy atom. The Balaban J connectivity index is 2.02. The van der Waals surface area contributed by atoms with Crippen molar-refractivity contribution in [2.24, 2.45) is 0 Å². The van der Waals surface area contributed by atoms with Gasteiger partial charge in [-0.1, -0.05) is 12.8 Å². The average Bonchev–Trinajstić information content (AvgIpc) is 2.63. The second kappa shape index (κ2) is 6.54. The van der Waals surface area contributed by atoms with E-state index in [0.717, 1.165) is 12.8 Å². The van der Waals surface area contributed by atoms with Crippen molar-refractivity contribution in [3.63, 3.8) is 0 Å². The molecule has 1 aliphatic carbocycles. The molecule has 0 spiro atoms. The van der Waals surface area contributed by atoms with Crippen LogP contribution in [0.5, 0.6) is 0 Å². The maximum Gasteiger partial charge on any atom is 0.441 e. The van der Waals surface area contributed by atoms with E-state index in [2.05, 4.69) is 10.6 Å². The largest absolute Gasteiger partial charge is 0.441 e. The highest BCUT2D eigenvalue weighted by atomic mass is 32.2. The zero-order chi connectivity index (χ0) is 12.0. The van der Waals surface area contributed by atoms with E-state index in [1.165, 1.54) is 12.8 Å². The molecule has 1 aliphatic rings. The summed E-state index contributed by atoms with van der Waals surface area (Å²) in [4.78, 5) is 0. The highest BCUT2D eigenvalue weighted by Crippen LogP contribution is 2.29. The number of halogens is 3. The molecule has 1 fully saturated rings. The topological polar surface area (TPSA) is 24.1 Å². The lowest BCUT2D eigenvalue weighted by molar-refractivity contribution is -0.0327. The minimum absolute atomic E-state index is 0.0179. The first-order valence-electron chi connectivity index (χ1n) is 5.22. The Bertz CT molecular complexity index is 227. The van der Waals surface area contributed by atoms with Crippen LogP contribution in [0.1, 0.15) is 25.7 Å². The normalized spacial score (nSPS) is 17.4. The summed E-state index contributed by atoms with van der Waals surface area (Å²) in [5, 5.41) is 6.36. The molecule has 1 rings (SSSR count). The zero-order valence-corrected chi connectivity index (χ0v) is 10.4.